The first-order valence-electron chi connectivity index (χ1n) is 13.6. The van der Waals surface area contributed by atoms with Crippen molar-refractivity contribution in [1.82, 2.24) is 15.0 Å². The Balaban J connectivity index is 1.46. The molecule has 0 atom stereocenters. The van der Waals surface area contributed by atoms with Crippen LogP contribution < -0.4 is 0 Å². The number of hydrogen-bond acceptors (Lipinski definition) is 3. The van der Waals surface area contributed by atoms with Crippen molar-refractivity contribution in [2.24, 2.45) is 0 Å². The molecule has 3 nitrogen and oxygen atoms in total. The molecule has 0 saturated carbocycles. The molecule has 0 bridgehead atoms. The second kappa shape index (κ2) is 10.1. The molecular weight excluding hydrogens is 614 g/mol. The quantitative estimate of drug-likeness (QED) is 0.181. The summed E-state index contributed by atoms with van der Waals surface area (Å²) in [6.45, 7) is 0. The third kappa shape index (κ3) is 4.24. The van der Waals surface area contributed by atoms with Crippen molar-refractivity contribution in [2.45, 2.75) is 0 Å². The van der Waals surface area contributed by atoms with Crippen LogP contribution >= 0.6 is 0 Å². The number of nitrogens with zero attached hydrogens (tertiary/aromatic N) is 3. The van der Waals surface area contributed by atoms with Crippen molar-refractivity contribution in [3.05, 3.63) is 140 Å². The van der Waals surface area contributed by atoms with E-state index in [1.165, 1.54) is 39.5 Å². The molecule has 0 fully saturated rings. The number of hydrogen-bond donors (Lipinski definition) is 0. The van der Waals surface area contributed by atoms with Gasteiger partial charge in [-0.1, -0.05) is 0 Å². The van der Waals surface area contributed by atoms with Gasteiger partial charge >= 0.3 is 249 Å². The summed E-state index contributed by atoms with van der Waals surface area (Å²) in [6, 6.07) is 49.1. The number of benzene rings is 6. The Morgan fingerprint density at radius 1 is 0.390 bits per heavy atom. The predicted molar refractivity (Wildman–Crippen MR) is 171 cm³/mol. The van der Waals surface area contributed by atoms with E-state index in [2.05, 4.69) is 103 Å². The zero-order valence-corrected chi connectivity index (χ0v) is 24.4. The zero-order valence-electron chi connectivity index (χ0n) is 22.0. The molecule has 4 heteroatoms. The van der Waals surface area contributed by atoms with Crippen molar-refractivity contribution in [1.29, 1.82) is 0 Å². The van der Waals surface area contributed by atoms with Crippen LogP contribution in [0.15, 0.2) is 140 Å². The fraction of sp³-hybridized carbons (Fsp3) is 0. The van der Waals surface area contributed by atoms with E-state index >= 15 is 0 Å². The molecule has 0 N–H and O–H groups in total. The van der Waals surface area contributed by atoms with Gasteiger partial charge in [0.25, 0.3) is 0 Å². The molecule has 2 heterocycles. The Morgan fingerprint density at radius 3 is 1.71 bits per heavy atom. The maximum absolute atomic E-state index is 5.11. The summed E-state index contributed by atoms with van der Waals surface area (Å²) in [4.78, 5) is 15.2. The van der Waals surface area contributed by atoms with Gasteiger partial charge in [0.05, 0.1) is 0 Å². The van der Waals surface area contributed by atoms with Crippen molar-refractivity contribution in [2.75, 3.05) is 0 Å². The third-order valence-electron chi connectivity index (χ3n) is 7.54. The summed E-state index contributed by atoms with van der Waals surface area (Å²) in [5, 5.41) is 5.17. The molecule has 192 valence electrons. The van der Waals surface area contributed by atoms with Crippen LogP contribution in [0.2, 0.25) is 0 Å². The SMILES string of the molecule is c1ccc(-c2nc(-c3ccccc3)nc(-c3ccc4ccccc4c3-c3cccc4c3[te]c3ccccc34)n2)cc1. The normalized spacial score (nSPS) is 11.4. The molecule has 8 rings (SSSR count). The van der Waals surface area contributed by atoms with Gasteiger partial charge in [0, 0.05) is 0 Å². The molecule has 0 aliphatic heterocycles. The zero-order chi connectivity index (χ0) is 27.2. The van der Waals surface area contributed by atoms with E-state index in [0.29, 0.717) is 17.5 Å². The first-order chi connectivity index (χ1) is 20.3. The monoisotopic (exact) mass is 639 g/mol. The van der Waals surface area contributed by atoms with Crippen LogP contribution in [0.25, 0.3) is 73.6 Å². The van der Waals surface area contributed by atoms with E-state index in [1.807, 2.05) is 36.4 Å². The Hall–Kier alpha value is -4.62. The molecule has 0 aliphatic rings. The summed E-state index contributed by atoms with van der Waals surface area (Å²) >= 11 is -0.548. The maximum atomic E-state index is 5.11. The molecule has 6 aromatic carbocycles. The molecular formula is C37H23N3Te. The third-order valence-corrected chi connectivity index (χ3v) is 11.0. The molecule has 0 radical (unpaired) electrons. The van der Waals surface area contributed by atoms with E-state index < -0.39 is 20.4 Å². The van der Waals surface area contributed by atoms with E-state index in [0.717, 1.165) is 16.7 Å². The van der Waals surface area contributed by atoms with Crippen LogP contribution in [-0.2, 0) is 0 Å². The van der Waals surface area contributed by atoms with Gasteiger partial charge in [-0.05, 0) is 0 Å². The van der Waals surface area contributed by atoms with Crippen LogP contribution in [-0.4, -0.2) is 35.4 Å². The molecule has 2 aromatic heterocycles. The molecule has 41 heavy (non-hydrogen) atoms. The molecule has 0 amide bonds. The summed E-state index contributed by atoms with van der Waals surface area (Å²) in [5.74, 6) is 2.04. The second-order valence-corrected chi connectivity index (χ2v) is 13.0. The Bertz CT molecular complexity index is 2140. The van der Waals surface area contributed by atoms with Crippen LogP contribution in [0, 0.1) is 0 Å². The standard InChI is InChI=1S/C37H23N3Te/c1-3-13-25(14-4-1)35-38-36(26-15-5-2-6-16-26)40-37(39-35)31-23-22-24-12-7-8-17-27(24)33(31)30-20-11-19-29-28-18-9-10-21-32(28)41-34(29)30/h1-23H. The number of rotatable bonds is 4. The van der Waals surface area contributed by atoms with Gasteiger partial charge < -0.3 is 0 Å². The average Bonchev–Trinajstić information content (AvgIpc) is 3.44. The summed E-state index contributed by atoms with van der Waals surface area (Å²) in [7, 11) is 0. The van der Waals surface area contributed by atoms with Crippen LogP contribution in [0.1, 0.15) is 0 Å². The fourth-order valence-electron chi connectivity index (χ4n) is 5.62. The molecule has 8 aromatic rings. The summed E-state index contributed by atoms with van der Waals surface area (Å²) in [5.41, 5.74) is 5.45. The van der Waals surface area contributed by atoms with Crippen molar-refractivity contribution < 1.29 is 0 Å². The Morgan fingerprint density at radius 2 is 0.976 bits per heavy atom. The molecule has 0 saturated heterocycles. The van der Waals surface area contributed by atoms with Gasteiger partial charge in [-0.25, -0.2) is 0 Å². The van der Waals surface area contributed by atoms with E-state index in [-0.39, 0.29) is 0 Å². The molecule has 0 spiro atoms. The van der Waals surface area contributed by atoms with Gasteiger partial charge in [-0.15, -0.1) is 0 Å². The van der Waals surface area contributed by atoms with Crippen molar-refractivity contribution >= 4 is 48.8 Å². The van der Waals surface area contributed by atoms with Crippen molar-refractivity contribution in [3.63, 3.8) is 0 Å². The number of aromatic nitrogens is 3. The van der Waals surface area contributed by atoms with Crippen LogP contribution in [0.4, 0.5) is 0 Å². The molecule has 0 unspecified atom stereocenters. The van der Waals surface area contributed by atoms with E-state index in [1.54, 1.807) is 0 Å². The summed E-state index contributed by atoms with van der Waals surface area (Å²) < 4.78 is 2.98. The second-order valence-electron chi connectivity index (χ2n) is 10.0. The van der Waals surface area contributed by atoms with Crippen LogP contribution in [0.5, 0.6) is 0 Å². The minimum atomic E-state index is -0.548. The fourth-order valence-corrected chi connectivity index (χ4v) is 9.11. The van der Waals surface area contributed by atoms with Gasteiger partial charge in [-0.3, -0.25) is 0 Å². The predicted octanol–water partition coefficient (Wildman–Crippen LogP) is 9.06. The minimum absolute atomic E-state index is 0.548. The van der Waals surface area contributed by atoms with Crippen LogP contribution in [0.3, 0.4) is 0 Å². The van der Waals surface area contributed by atoms with E-state index in [9.17, 15) is 0 Å². The number of fused-ring (bicyclic) bond motifs is 4. The topological polar surface area (TPSA) is 38.7 Å². The van der Waals surface area contributed by atoms with E-state index in [4.69, 9.17) is 15.0 Å². The van der Waals surface area contributed by atoms with Gasteiger partial charge in [-0.2, -0.15) is 0 Å². The summed E-state index contributed by atoms with van der Waals surface area (Å²) in [6.07, 6.45) is 0. The Kier molecular flexibility index (Phi) is 5.95. The first-order valence-corrected chi connectivity index (χ1v) is 16.0. The van der Waals surface area contributed by atoms with Crippen molar-refractivity contribution in [3.8, 4) is 45.3 Å². The Labute approximate surface area is 247 Å². The first kappa shape index (κ1) is 24.2. The van der Waals surface area contributed by atoms with Gasteiger partial charge in [0.15, 0.2) is 0 Å². The molecule has 0 aliphatic carbocycles. The average molecular weight is 637 g/mol. The van der Waals surface area contributed by atoms with Gasteiger partial charge in [0.1, 0.15) is 0 Å². The van der Waals surface area contributed by atoms with Gasteiger partial charge in [0.2, 0.25) is 0 Å².